The van der Waals surface area contributed by atoms with E-state index in [4.69, 9.17) is 4.74 Å². The highest BCUT2D eigenvalue weighted by atomic mass is 79.9. The fourth-order valence-corrected chi connectivity index (χ4v) is 2.40. The Labute approximate surface area is 130 Å². The van der Waals surface area contributed by atoms with Crippen molar-refractivity contribution in [3.63, 3.8) is 0 Å². The van der Waals surface area contributed by atoms with Crippen molar-refractivity contribution in [3.8, 4) is 5.75 Å². The van der Waals surface area contributed by atoms with Gasteiger partial charge in [0.2, 0.25) is 0 Å². The topological polar surface area (TPSA) is 46.5 Å². The zero-order chi connectivity index (χ0) is 15.4. The molecule has 1 atom stereocenters. The van der Waals surface area contributed by atoms with Gasteiger partial charge in [-0.25, -0.2) is 4.39 Å². The molecule has 2 rings (SSSR count). The van der Waals surface area contributed by atoms with Crippen LogP contribution in [0.1, 0.15) is 17.0 Å². The molecular weight excluding hydrogens is 339 g/mol. The molecule has 1 N–H and O–H groups in total. The van der Waals surface area contributed by atoms with Crippen LogP contribution < -0.4 is 4.74 Å². The fraction of sp³-hybridized carbons (Fsp3) is 0.188. The summed E-state index contributed by atoms with van der Waals surface area (Å²) >= 11 is 3.30. The van der Waals surface area contributed by atoms with Gasteiger partial charge in [-0.15, -0.1) is 0 Å². The summed E-state index contributed by atoms with van der Waals surface area (Å²) in [6.07, 6.45) is 0.0694. The summed E-state index contributed by atoms with van der Waals surface area (Å²) in [6.45, 7) is 0. The van der Waals surface area contributed by atoms with Crippen molar-refractivity contribution < 1.29 is 19.0 Å². The molecule has 110 valence electrons. The van der Waals surface area contributed by atoms with Gasteiger partial charge in [-0.05, 0) is 35.7 Å². The molecule has 21 heavy (non-hydrogen) atoms. The standard InChI is InChI=1S/C16H14BrFO3/c1-21-14-4-2-3-11(15(14)18)9-13(16(19)20)10-5-7-12(17)8-6-10/h2-8,13H,9H2,1H3,(H,19,20). The van der Waals surface area contributed by atoms with Crippen LogP contribution in [0.4, 0.5) is 4.39 Å². The average Bonchev–Trinajstić information content (AvgIpc) is 2.47. The number of carboxylic acid groups (broad SMARTS) is 1. The first kappa shape index (κ1) is 15.5. The molecule has 0 radical (unpaired) electrons. The smallest absolute Gasteiger partial charge is 0.311 e. The predicted octanol–water partition coefficient (Wildman–Crippen LogP) is 4.01. The zero-order valence-corrected chi connectivity index (χ0v) is 12.9. The molecule has 5 heteroatoms. The van der Waals surface area contributed by atoms with E-state index in [9.17, 15) is 14.3 Å². The molecule has 0 fully saturated rings. The third-order valence-electron chi connectivity index (χ3n) is 3.26. The largest absolute Gasteiger partial charge is 0.494 e. The molecule has 1 unspecified atom stereocenters. The first-order valence-electron chi connectivity index (χ1n) is 6.32. The van der Waals surface area contributed by atoms with E-state index in [-0.39, 0.29) is 12.2 Å². The van der Waals surface area contributed by atoms with Gasteiger partial charge in [0.05, 0.1) is 13.0 Å². The quantitative estimate of drug-likeness (QED) is 0.884. The first-order valence-corrected chi connectivity index (χ1v) is 7.12. The van der Waals surface area contributed by atoms with E-state index in [0.29, 0.717) is 11.1 Å². The molecule has 0 spiro atoms. The van der Waals surface area contributed by atoms with Crippen LogP contribution in [0.3, 0.4) is 0 Å². The number of rotatable bonds is 5. The lowest BCUT2D eigenvalue weighted by molar-refractivity contribution is -0.138. The second-order valence-corrected chi connectivity index (χ2v) is 5.50. The molecule has 3 nitrogen and oxygen atoms in total. The van der Waals surface area contributed by atoms with Crippen molar-refractivity contribution in [1.82, 2.24) is 0 Å². The molecule has 0 aliphatic heterocycles. The van der Waals surface area contributed by atoms with Crippen molar-refractivity contribution in [2.24, 2.45) is 0 Å². The lowest BCUT2D eigenvalue weighted by Crippen LogP contribution is -2.15. The predicted molar refractivity (Wildman–Crippen MR) is 81.2 cm³/mol. The minimum Gasteiger partial charge on any atom is -0.494 e. The van der Waals surface area contributed by atoms with Crippen LogP contribution in [-0.4, -0.2) is 18.2 Å². The van der Waals surface area contributed by atoms with Crippen molar-refractivity contribution in [1.29, 1.82) is 0 Å². The summed E-state index contributed by atoms with van der Waals surface area (Å²) in [6, 6.07) is 11.7. The normalized spacial score (nSPS) is 12.0. The van der Waals surface area contributed by atoms with Gasteiger partial charge in [0.1, 0.15) is 0 Å². The summed E-state index contributed by atoms with van der Waals surface area (Å²) in [4.78, 5) is 11.5. The van der Waals surface area contributed by atoms with Gasteiger partial charge >= 0.3 is 5.97 Å². The maximum Gasteiger partial charge on any atom is 0.311 e. The molecule has 0 bridgehead atoms. The number of carbonyl (C=O) groups is 1. The summed E-state index contributed by atoms with van der Waals surface area (Å²) in [7, 11) is 1.38. The van der Waals surface area contributed by atoms with E-state index in [1.165, 1.54) is 13.2 Å². The molecule has 2 aromatic rings. The maximum atomic E-state index is 14.2. The van der Waals surface area contributed by atoms with Gasteiger partial charge in [0.15, 0.2) is 11.6 Å². The molecule has 0 saturated carbocycles. The van der Waals surface area contributed by atoms with Gasteiger partial charge in [-0.2, -0.15) is 0 Å². The van der Waals surface area contributed by atoms with E-state index >= 15 is 0 Å². The lowest BCUT2D eigenvalue weighted by atomic mass is 9.92. The number of hydrogen-bond acceptors (Lipinski definition) is 2. The van der Waals surface area contributed by atoms with Crippen LogP contribution in [0.5, 0.6) is 5.75 Å². The Morgan fingerprint density at radius 2 is 1.95 bits per heavy atom. The lowest BCUT2D eigenvalue weighted by Gasteiger charge is -2.14. The second-order valence-electron chi connectivity index (χ2n) is 4.58. The number of hydrogen-bond donors (Lipinski definition) is 1. The highest BCUT2D eigenvalue weighted by Crippen LogP contribution is 2.27. The molecule has 0 saturated heterocycles. The summed E-state index contributed by atoms with van der Waals surface area (Å²) in [5.74, 6) is -2.19. The molecule has 0 heterocycles. The highest BCUT2D eigenvalue weighted by Gasteiger charge is 2.22. The van der Waals surface area contributed by atoms with Gasteiger partial charge < -0.3 is 9.84 Å². The first-order chi connectivity index (χ1) is 10.0. The number of aliphatic carboxylic acids is 1. The van der Waals surface area contributed by atoms with Crippen LogP contribution in [-0.2, 0) is 11.2 Å². The third-order valence-corrected chi connectivity index (χ3v) is 3.79. The molecule has 0 aromatic heterocycles. The minimum atomic E-state index is -0.987. The minimum absolute atomic E-state index is 0.0694. The Bertz CT molecular complexity index is 640. The molecule has 0 aliphatic carbocycles. The Kier molecular flexibility index (Phi) is 4.96. The van der Waals surface area contributed by atoms with Crippen LogP contribution >= 0.6 is 15.9 Å². The Morgan fingerprint density at radius 1 is 1.29 bits per heavy atom. The van der Waals surface area contributed by atoms with Gasteiger partial charge in [0, 0.05) is 4.47 Å². The summed E-state index contributed by atoms with van der Waals surface area (Å²) in [5, 5.41) is 9.41. The van der Waals surface area contributed by atoms with Crippen molar-refractivity contribution >= 4 is 21.9 Å². The second kappa shape index (κ2) is 6.72. The molecule has 0 aliphatic rings. The van der Waals surface area contributed by atoms with Crippen molar-refractivity contribution in [3.05, 3.63) is 63.9 Å². The summed E-state index contributed by atoms with van der Waals surface area (Å²) in [5.41, 5.74) is 0.956. The van der Waals surface area contributed by atoms with E-state index in [1.807, 2.05) is 0 Å². The van der Waals surface area contributed by atoms with Crippen LogP contribution in [0.2, 0.25) is 0 Å². The van der Waals surface area contributed by atoms with Gasteiger partial charge in [0.25, 0.3) is 0 Å². The zero-order valence-electron chi connectivity index (χ0n) is 11.3. The average molecular weight is 353 g/mol. The highest BCUT2D eigenvalue weighted by molar-refractivity contribution is 9.10. The number of halogens is 2. The van der Waals surface area contributed by atoms with Gasteiger partial charge in [-0.1, -0.05) is 40.2 Å². The number of benzene rings is 2. The molecular formula is C16H14BrFO3. The number of methoxy groups -OCH3 is 1. The number of ether oxygens (including phenoxy) is 1. The van der Waals surface area contributed by atoms with E-state index < -0.39 is 17.7 Å². The van der Waals surface area contributed by atoms with Crippen molar-refractivity contribution in [2.45, 2.75) is 12.3 Å². The van der Waals surface area contributed by atoms with Crippen LogP contribution in [0.15, 0.2) is 46.9 Å². The van der Waals surface area contributed by atoms with Crippen LogP contribution in [0.25, 0.3) is 0 Å². The van der Waals surface area contributed by atoms with E-state index in [2.05, 4.69) is 15.9 Å². The molecule has 2 aromatic carbocycles. The fourth-order valence-electron chi connectivity index (χ4n) is 2.13. The number of carboxylic acids is 1. The van der Waals surface area contributed by atoms with Crippen LogP contribution in [0, 0.1) is 5.82 Å². The SMILES string of the molecule is COc1cccc(CC(C(=O)O)c2ccc(Br)cc2)c1F. The molecule has 0 amide bonds. The maximum absolute atomic E-state index is 14.2. The third kappa shape index (κ3) is 3.61. The summed E-state index contributed by atoms with van der Waals surface area (Å²) < 4.78 is 19.9. The Morgan fingerprint density at radius 3 is 2.52 bits per heavy atom. The van der Waals surface area contributed by atoms with E-state index in [1.54, 1.807) is 36.4 Å². The Balaban J connectivity index is 2.33. The Hall–Kier alpha value is -1.88. The monoisotopic (exact) mass is 352 g/mol. The van der Waals surface area contributed by atoms with Gasteiger partial charge in [-0.3, -0.25) is 4.79 Å². The van der Waals surface area contributed by atoms with E-state index in [0.717, 1.165) is 4.47 Å². The van der Waals surface area contributed by atoms with Crippen molar-refractivity contribution in [2.75, 3.05) is 7.11 Å².